The van der Waals surface area contributed by atoms with Crippen LogP contribution in [0.4, 0.5) is 0 Å². The lowest BCUT2D eigenvalue weighted by Crippen LogP contribution is -2.17. The third-order valence-corrected chi connectivity index (χ3v) is 0.402. The third kappa shape index (κ3) is 19.0. The minimum absolute atomic E-state index is 0.318. The van der Waals surface area contributed by atoms with Gasteiger partial charge in [-0.25, -0.2) is 0 Å². The van der Waals surface area contributed by atoms with E-state index in [1.807, 2.05) is 20.8 Å². The number of hydrogen-bond donors (Lipinski definition) is 0. The predicted octanol–water partition coefficient (Wildman–Crippen LogP) is 1.76. The molecular formula is C7H14O2. The van der Waals surface area contributed by atoms with Crippen LogP contribution in [0.3, 0.4) is 0 Å². The van der Waals surface area contributed by atoms with Crippen molar-refractivity contribution in [1.82, 2.24) is 0 Å². The van der Waals surface area contributed by atoms with Crippen molar-refractivity contribution >= 4 is 6.47 Å². The van der Waals surface area contributed by atoms with Crippen LogP contribution in [-0.2, 0) is 9.53 Å². The van der Waals surface area contributed by atoms with Gasteiger partial charge in [0, 0.05) is 0 Å². The summed E-state index contributed by atoms with van der Waals surface area (Å²) in [6.07, 6.45) is 0. The second-order valence-corrected chi connectivity index (χ2v) is 2.33. The van der Waals surface area contributed by atoms with Crippen LogP contribution in [0.2, 0.25) is 0 Å². The summed E-state index contributed by atoms with van der Waals surface area (Å²) in [6.45, 7) is 11.9. The van der Waals surface area contributed by atoms with Gasteiger partial charge >= 0.3 is 0 Å². The molecule has 0 amide bonds. The molecule has 0 aliphatic carbocycles. The normalized spacial score (nSPS) is 8.78. The topological polar surface area (TPSA) is 26.3 Å². The average molecular weight is 130 g/mol. The summed E-state index contributed by atoms with van der Waals surface area (Å²) in [5, 5.41) is 0. The van der Waals surface area contributed by atoms with Gasteiger partial charge in [-0.1, -0.05) is 0 Å². The Kier molecular flexibility index (Phi) is 6.58. The van der Waals surface area contributed by atoms with E-state index in [4.69, 9.17) is 0 Å². The highest BCUT2D eigenvalue weighted by molar-refractivity contribution is 5.37. The number of ether oxygens (including phenoxy) is 1. The van der Waals surface area contributed by atoms with Gasteiger partial charge in [-0.2, -0.15) is 0 Å². The first-order valence-electron chi connectivity index (χ1n) is 2.68. The van der Waals surface area contributed by atoms with E-state index < -0.39 is 0 Å². The van der Waals surface area contributed by atoms with E-state index >= 15 is 0 Å². The maximum Gasteiger partial charge on any atom is 0.293 e. The van der Waals surface area contributed by atoms with Crippen LogP contribution >= 0.6 is 0 Å². The Bertz CT molecular complexity index is 71.5. The summed E-state index contributed by atoms with van der Waals surface area (Å²) in [5.74, 6) is 0. The van der Waals surface area contributed by atoms with Crippen LogP contribution < -0.4 is 0 Å². The van der Waals surface area contributed by atoms with Crippen molar-refractivity contribution in [2.45, 2.75) is 26.4 Å². The molecule has 0 aromatic heterocycles. The Morgan fingerprint density at radius 2 is 1.67 bits per heavy atom. The lowest BCUT2D eigenvalue weighted by Gasteiger charge is -2.14. The molecule has 0 aromatic rings. The maximum absolute atomic E-state index is 9.60. The van der Waals surface area contributed by atoms with Crippen LogP contribution in [0, 0.1) is 0 Å². The molecule has 0 aromatic carbocycles. The Labute approximate surface area is 56.5 Å². The van der Waals surface area contributed by atoms with Crippen molar-refractivity contribution in [3.63, 3.8) is 0 Å². The first-order valence-corrected chi connectivity index (χ1v) is 2.68. The van der Waals surface area contributed by atoms with E-state index in [1.165, 1.54) is 0 Å². The lowest BCUT2D eigenvalue weighted by atomic mass is 10.2. The summed E-state index contributed by atoms with van der Waals surface area (Å²) in [6, 6.07) is 0. The van der Waals surface area contributed by atoms with Gasteiger partial charge in [-0.15, -0.1) is 13.2 Å². The van der Waals surface area contributed by atoms with Gasteiger partial charge in [0.2, 0.25) is 0 Å². The summed E-state index contributed by atoms with van der Waals surface area (Å²) in [7, 11) is 0. The molecule has 0 fully saturated rings. The summed E-state index contributed by atoms with van der Waals surface area (Å²) < 4.78 is 4.55. The van der Waals surface area contributed by atoms with Gasteiger partial charge in [0.25, 0.3) is 6.47 Å². The van der Waals surface area contributed by atoms with Gasteiger partial charge in [-0.05, 0) is 20.8 Å². The zero-order valence-corrected chi connectivity index (χ0v) is 6.31. The molecule has 0 saturated heterocycles. The van der Waals surface area contributed by atoms with E-state index in [-0.39, 0.29) is 5.60 Å². The minimum Gasteiger partial charge on any atom is -0.462 e. The van der Waals surface area contributed by atoms with Gasteiger partial charge in [0.15, 0.2) is 0 Å². The standard InChI is InChI=1S/C5H10O2.C2H4/c1-5(2,3)7-4-6;1-2/h4H,1-3H3;1-2H2. The van der Waals surface area contributed by atoms with Crippen molar-refractivity contribution in [3.05, 3.63) is 13.2 Å². The molecule has 2 nitrogen and oxygen atoms in total. The monoisotopic (exact) mass is 130 g/mol. The Morgan fingerprint density at radius 1 is 1.33 bits per heavy atom. The SMILES string of the molecule is C=C.CC(C)(C)OC=O. The van der Waals surface area contributed by atoms with Crippen LogP contribution in [0.5, 0.6) is 0 Å². The molecule has 0 radical (unpaired) electrons. The third-order valence-electron chi connectivity index (χ3n) is 0.402. The molecule has 0 spiro atoms. The molecule has 2 heteroatoms. The van der Waals surface area contributed by atoms with Crippen molar-refractivity contribution in [2.75, 3.05) is 0 Å². The molecule has 0 aliphatic heterocycles. The molecule has 0 saturated carbocycles. The largest absolute Gasteiger partial charge is 0.462 e. The minimum atomic E-state index is -0.318. The highest BCUT2D eigenvalue weighted by atomic mass is 16.5. The van der Waals surface area contributed by atoms with Crippen molar-refractivity contribution in [3.8, 4) is 0 Å². The van der Waals surface area contributed by atoms with Crippen LogP contribution in [0.1, 0.15) is 20.8 Å². The predicted molar refractivity (Wildman–Crippen MR) is 38.2 cm³/mol. The van der Waals surface area contributed by atoms with E-state index in [1.54, 1.807) is 0 Å². The Morgan fingerprint density at radius 3 is 1.67 bits per heavy atom. The number of carbonyl (C=O) groups excluding carboxylic acids is 1. The van der Waals surface area contributed by atoms with Gasteiger partial charge in [-0.3, -0.25) is 4.79 Å². The summed E-state index contributed by atoms with van der Waals surface area (Å²) in [5.41, 5.74) is -0.318. The maximum atomic E-state index is 9.60. The van der Waals surface area contributed by atoms with Crippen molar-refractivity contribution in [2.24, 2.45) is 0 Å². The van der Waals surface area contributed by atoms with E-state index in [0.29, 0.717) is 6.47 Å². The molecule has 0 N–H and O–H groups in total. The molecule has 0 atom stereocenters. The van der Waals surface area contributed by atoms with Crippen molar-refractivity contribution < 1.29 is 9.53 Å². The molecule has 0 rings (SSSR count). The highest BCUT2D eigenvalue weighted by Gasteiger charge is 2.07. The number of rotatable bonds is 1. The summed E-state index contributed by atoms with van der Waals surface area (Å²) in [4.78, 5) is 9.60. The fourth-order valence-electron chi connectivity index (χ4n) is 0.144. The number of hydrogen-bond acceptors (Lipinski definition) is 2. The van der Waals surface area contributed by atoms with E-state index in [2.05, 4.69) is 17.9 Å². The zero-order valence-electron chi connectivity index (χ0n) is 6.31. The molecule has 0 unspecified atom stereocenters. The Balaban J connectivity index is 0. The summed E-state index contributed by atoms with van der Waals surface area (Å²) >= 11 is 0. The molecule has 54 valence electrons. The Hall–Kier alpha value is -0.790. The van der Waals surface area contributed by atoms with Crippen LogP contribution in [0.25, 0.3) is 0 Å². The first-order chi connectivity index (χ1) is 4.06. The first kappa shape index (κ1) is 11.1. The molecule has 0 aliphatic rings. The molecule has 0 heterocycles. The van der Waals surface area contributed by atoms with Gasteiger partial charge < -0.3 is 4.74 Å². The molecule has 0 bridgehead atoms. The van der Waals surface area contributed by atoms with Gasteiger partial charge in [0.05, 0.1) is 0 Å². The van der Waals surface area contributed by atoms with Crippen molar-refractivity contribution in [1.29, 1.82) is 0 Å². The number of carbonyl (C=O) groups is 1. The fourth-order valence-corrected chi connectivity index (χ4v) is 0.144. The molecular weight excluding hydrogens is 116 g/mol. The second kappa shape index (κ2) is 5.35. The lowest BCUT2D eigenvalue weighted by molar-refractivity contribution is -0.138. The van der Waals surface area contributed by atoms with Crippen LogP contribution in [0.15, 0.2) is 13.2 Å². The van der Waals surface area contributed by atoms with E-state index in [9.17, 15) is 4.79 Å². The highest BCUT2D eigenvalue weighted by Crippen LogP contribution is 2.02. The molecule has 9 heavy (non-hydrogen) atoms. The fraction of sp³-hybridized carbons (Fsp3) is 0.571. The smallest absolute Gasteiger partial charge is 0.293 e. The second-order valence-electron chi connectivity index (χ2n) is 2.33. The van der Waals surface area contributed by atoms with Gasteiger partial charge in [0.1, 0.15) is 5.60 Å². The van der Waals surface area contributed by atoms with E-state index in [0.717, 1.165) is 0 Å². The van der Waals surface area contributed by atoms with Crippen LogP contribution in [-0.4, -0.2) is 12.1 Å². The average Bonchev–Trinajstić information content (AvgIpc) is 1.69. The quantitative estimate of drug-likeness (QED) is 0.399. The zero-order chi connectivity index (χ0) is 7.91.